The molecule has 0 radical (unpaired) electrons. The number of amides is 3. The lowest BCUT2D eigenvalue weighted by Crippen LogP contribution is -2.34. The highest BCUT2D eigenvalue weighted by Crippen LogP contribution is 2.26. The van der Waals surface area contributed by atoms with Gasteiger partial charge in [-0.3, -0.25) is 19.3 Å². The number of imide groups is 1. The van der Waals surface area contributed by atoms with Gasteiger partial charge in [-0.2, -0.15) is 0 Å². The van der Waals surface area contributed by atoms with Crippen LogP contribution in [0, 0.1) is 0 Å². The highest BCUT2D eigenvalue weighted by atomic mass is 32.2. The van der Waals surface area contributed by atoms with Crippen molar-refractivity contribution in [2.45, 2.75) is 43.8 Å². The van der Waals surface area contributed by atoms with Crippen molar-refractivity contribution in [1.82, 2.24) is 10.2 Å². The van der Waals surface area contributed by atoms with Crippen molar-refractivity contribution in [3.63, 3.8) is 0 Å². The molecule has 1 aliphatic rings. The number of nitrogens with one attached hydrogen (secondary N) is 1. The fourth-order valence-corrected chi connectivity index (χ4v) is 3.47. The van der Waals surface area contributed by atoms with E-state index in [-0.39, 0.29) is 42.4 Å². The second kappa shape index (κ2) is 10.6. The fourth-order valence-electron chi connectivity index (χ4n) is 2.28. The quantitative estimate of drug-likeness (QED) is 0.455. The van der Waals surface area contributed by atoms with Crippen LogP contribution in [0.2, 0.25) is 0 Å². The maximum absolute atomic E-state index is 12.2. The van der Waals surface area contributed by atoms with Crippen LogP contribution in [0.5, 0.6) is 0 Å². The highest BCUT2D eigenvalue weighted by Gasteiger charge is 2.38. The summed E-state index contributed by atoms with van der Waals surface area (Å²) in [4.78, 5) is 36.4. The Hall–Kier alpha value is -1.08. The molecule has 1 heterocycles. The number of likely N-dealkylation sites (tertiary alicyclic amines) is 1. The molecule has 0 spiro atoms. The lowest BCUT2D eigenvalue weighted by Gasteiger charge is -2.14. The predicted octanol–water partition coefficient (Wildman–Crippen LogP) is 1.19. The van der Waals surface area contributed by atoms with E-state index >= 15 is 0 Å². The number of rotatable bonds is 11. The third-order valence-corrected chi connectivity index (χ3v) is 4.90. The van der Waals surface area contributed by atoms with Crippen LogP contribution in [-0.2, 0) is 19.1 Å². The summed E-state index contributed by atoms with van der Waals surface area (Å²) in [6, 6.07) is 0. The van der Waals surface area contributed by atoms with Gasteiger partial charge < -0.3 is 10.1 Å². The van der Waals surface area contributed by atoms with E-state index in [0.717, 1.165) is 38.0 Å². The van der Waals surface area contributed by atoms with E-state index in [2.05, 4.69) is 5.32 Å². The zero-order valence-electron chi connectivity index (χ0n) is 13.4. The van der Waals surface area contributed by atoms with Crippen LogP contribution in [0.15, 0.2) is 0 Å². The number of hydrogen-bond acceptors (Lipinski definition) is 5. The van der Waals surface area contributed by atoms with Crippen LogP contribution in [0.4, 0.5) is 0 Å². The molecule has 1 rings (SSSR count). The molecule has 0 aliphatic carbocycles. The van der Waals surface area contributed by atoms with Gasteiger partial charge in [-0.15, -0.1) is 11.8 Å². The third kappa shape index (κ3) is 6.36. The maximum Gasteiger partial charge on any atom is 0.242 e. The van der Waals surface area contributed by atoms with Crippen LogP contribution in [0.3, 0.4) is 0 Å². The first-order valence-corrected chi connectivity index (χ1v) is 8.80. The zero-order chi connectivity index (χ0) is 16.4. The minimum Gasteiger partial charge on any atom is -0.385 e. The van der Waals surface area contributed by atoms with Crippen molar-refractivity contribution >= 4 is 29.5 Å². The van der Waals surface area contributed by atoms with Gasteiger partial charge in [0.1, 0.15) is 0 Å². The van der Waals surface area contributed by atoms with Crippen molar-refractivity contribution in [1.29, 1.82) is 0 Å². The Morgan fingerprint density at radius 3 is 2.73 bits per heavy atom. The normalized spacial score (nSPS) is 18.1. The van der Waals surface area contributed by atoms with E-state index in [0.29, 0.717) is 0 Å². The summed E-state index contributed by atoms with van der Waals surface area (Å²) in [6.45, 7) is 0.981. The molecule has 126 valence electrons. The van der Waals surface area contributed by atoms with Crippen molar-refractivity contribution in [3.8, 4) is 0 Å². The van der Waals surface area contributed by atoms with Gasteiger partial charge in [0, 0.05) is 40.2 Å². The van der Waals surface area contributed by atoms with Gasteiger partial charge in [0.15, 0.2) is 0 Å². The Bertz CT molecular complexity index is 390. The van der Waals surface area contributed by atoms with Gasteiger partial charge in [0.2, 0.25) is 17.7 Å². The molecule has 1 atom stereocenters. The van der Waals surface area contributed by atoms with Gasteiger partial charge in [0.05, 0.1) is 5.25 Å². The summed E-state index contributed by atoms with van der Waals surface area (Å²) >= 11 is 1.56. The number of nitrogens with zero attached hydrogens (tertiary/aromatic N) is 1. The third-order valence-electron chi connectivity index (χ3n) is 3.61. The Morgan fingerprint density at radius 1 is 1.32 bits per heavy atom. The molecule has 1 unspecified atom stereocenters. The predicted molar refractivity (Wildman–Crippen MR) is 86.6 cm³/mol. The second-order valence-corrected chi connectivity index (χ2v) is 6.59. The molecular weight excluding hydrogens is 304 g/mol. The molecule has 1 aliphatic heterocycles. The molecule has 22 heavy (non-hydrogen) atoms. The Kier molecular flexibility index (Phi) is 9.15. The Labute approximate surface area is 136 Å². The SMILES string of the molecule is CNC(=O)CCN1C(=O)CC(SCCCCCCOC)C1=O. The molecule has 0 bridgehead atoms. The van der Waals surface area contributed by atoms with Gasteiger partial charge in [-0.1, -0.05) is 12.8 Å². The number of unbranched alkanes of at least 4 members (excludes halogenated alkanes) is 3. The highest BCUT2D eigenvalue weighted by molar-refractivity contribution is 8.00. The lowest BCUT2D eigenvalue weighted by atomic mass is 10.2. The minimum absolute atomic E-state index is 0.140. The van der Waals surface area contributed by atoms with Gasteiger partial charge in [-0.05, 0) is 18.6 Å². The summed E-state index contributed by atoms with van der Waals surface area (Å²) in [5.41, 5.74) is 0. The van der Waals surface area contributed by atoms with E-state index < -0.39 is 0 Å². The average molecular weight is 330 g/mol. The van der Waals surface area contributed by atoms with Gasteiger partial charge >= 0.3 is 0 Å². The monoisotopic (exact) mass is 330 g/mol. The molecule has 1 N–H and O–H groups in total. The second-order valence-electron chi connectivity index (χ2n) is 5.28. The molecule has 3 amide bonds. The van der Waals surface area contributed by atoms with Gasteiger partial charge in [-0.25, -0.2) is 0 Å². The molecule has 0 saturated carbocycles. The maximum atomic E-state index is 12.2. The number of ether oxygens (including phenoxy) is 1. The standard InChI is InChI=1S/C15H26N2O4S/c1-16-13(18)7-8-17-14(19)11-12(15(17)20)22-10-6-4-3-5-9-21-2/h12H,3-11H2,1-2H3,(H,16,18). The molecule has 1 saturated heterocycles. The first-order valence-electron chi connectivity index (χ1n) is 7.75. The number of thioether (sulfide) groups is 1. The zero-order valence-corrected chi connectivity index (χ0v) is 14.2. The summed E-state index contributed by atoms with van der Waals surface area (Å²) in [5.74, 6) is 0.428. The summed E-state index contributed by atoms with van der Waals surface area (Å²) in [6.07, 6.45) is 4.79. The number of carbonyl (C=O) groups is 3. The van der Waals surface area contributed by atoms with Crippen LogP contribution in [0.25, 0.3) is 0 Å². The Morgan fingerprint density at radius 2 is 2.05 bits per heavy atom. The van der Waals surface area contributed by atoms with Crippen molar-refractivity contribution in [2.24, 2.45) is 0 Å². The van der Waals surface area contributed by atoms with Crippen molar-refractivity contribution < 1.29 is 19.1 Å². The Balaban J connectivity index is 2.21. The number of hydrogen-bond donors (Lipinski definition) is 1. The largest absolute Gasteiger partial charge is 0.385 e. The summed E-state index contributed by atoms with van der Waals surface area (Å²) in [5, 5.41) is 2.22. The van der Waals surface area contributed by atoms with Gasteiger partial charge in [0.25, 0.3) is 0 Å². The molecule has 0 aromatic rings. The lowest BCUT2D eigenvalue weighted by molar-refractivity contribution is -0.138. The van der Waals surface area contributed by atoms with E-state index in [1.807, 2.05) is 0 Å². The molecule has 1 fully saturated rings. The van der Waals surface area contributed by atoms with Crippen LogP contribution >= 0.6 is 11.8 Å². The summed E-state index contributed by atoms with van der Waals surface area (Å²) < 4.78 is 4.99. The minimum atomic E-state index is -0.267. The molecule has 7 heteroatoms. The van der Waals surface area contributed by atoms with Crippen LogP contribution < -0.4 is 5.32 Å². The van der Waals surface area contributed by atoms with E-state index in [9.17, 15) is 14.4 Å². The molecule has 0 aromatic carbocycles. The molecule has 6 nitrogen and oxygen atoms in total. The molecular formula is C15H26N2O4S. The van der Waals surface area contributed by atoms with E-state index in [1.165, 1.54) is 4.90 Å². The first kappa shape index (κ1) is 19.0. The fraction of sp³-hybridized carbons (Fsp3) is 0.800. The van der Waals surface area contributed by atoms with Crippen LogP contribution in [-0.4, -0.2) is 60.9 Å². The first-order chi connectivity index (χ1) is 10.6. The molecule has 0 aromatic heterocycles. The topological polar surface area (TPSA) is 75.7 Å². The van der Waals surface area contributed by atoms with Crippen molar-refractivity contribution in [2.75, 3.05) is 33.1 Å². The number of carbonyl (C=O) groups excluding carboxylic acids is 3. The van der Waals surface area contributed by atoms with Crippen LogP contribution in [0.1, 0.15) is 38.5 Å². The number of methoxy groups -OCH3 is 1. The van der Waals surface area contributed by atoms with E-state index in [4.69, 9.17) is 4.74 Å². The average Bonchev–Trinajstić information content (AvgIpc) is 2.78. The summed E-state index contributed by atoms with van der Waals surface area (Å²) in [7, 11) is 3.25. The smallest absolute Gasteiger partial charge is 0.242 e. The van der Waals surface area contributed by atoms with E-state index in [1.54, 1.807) is 25.9 Å². The van der Waals surface area contributed by atoms with Crippen molar-refractivity contribution in [3.05, 3.63) is 0 Å².